The average molecular weight is 508 g/mol. The highest BCUT2D eigenvalue weighted by molar-refractivity contribution is 7.88. The lowest BCUT2D eigenvalue weighted by atomic mass is 10.1. The summed E-state index contributed by atoms with van der Waals surface area (Å²) in [5, 5.41) is 8.20. The molecule has 0 bridgehead atoms. The van der Waals surface area contributed by atoms with Crippen LogP contribution in [0.2, 0.25) is 0 Å². The molecular weight excluding hydrogens is 483 g/mol. The summed E-state index contributed by atoms with van der Waals surface area (Å²) in [6.07, 6.45) is -0.715. The maximum atomic E-state index is 13.6. The SMILES string of the molecule is CC(C)NC(=O)Nc1ncc(-c2nc(NC3CCN(S(C)(=O)=O)CC3)ncc2C(F)(F)F)s1. The van der Waals surface area contributed by atoms with Crippen molar-refractivity contribution in [3.8, 4) is 10.6 Å². The van der Waals surface area contributed by atoms with Crippen LogP contribution >= 0.6 is 11.3 Å². The fourth-order valence-corrected chi connectivity index (χ4v) is 4.89. The van der Waals surface area contributed by atoms with Crippen molar-refractivity contribution in [3.63, 3.8) is 0 Å². The van der Waals surface area contributed by atoms with Gasteiger partial charge in [-0.05, 0) is 26.7 Å². The highest BCUT2D eigenvalue weighted by Gasteiger charge is 2.36. The number of hydrogen-bond acceptors (Lipinski definition) is 8. The molecule has 0 spiro atoms. The predicted molar refractivity (Wildman–Crippen MR) is 118 cm³/mol. The molecule has 10 nitrogen and oxygen atoms in total. The van der Waals surface area contributed by atoms with E-state index in [1.165, 1.54) is 10.5 Å². The molecule has 0 atom stereocenters. The molecule has 2 amide bonds. The summed E-state index contributed by atoms with van der Waals surface area (Å²) in [6, 6.07) is -0.834. The maximum absolute atomic E-state index is 13.6. The second-order valence-corrected chi connectivity index (χ2v) is 10.8. The fraction of sp³-hybridized carbons (Fsp3) is 0.556. The summed E-state index contributed by atoms with van der Waals surface area (Å²) in [4.78, 5) is 23.8. The van der Waals surface area contributed by atoms with Gasteiger partial charge in [0.15, 0.2) is 5.13 Å². The van der Waals surface area contributed by atoms with Crippen molar-refractivity contribution in [2.75, 3.05) is 30.0 Å². The summed E-state index contributed by atoms with van der Waals surface area (Å²) in [5.41, 5.74) is -1.38. The smallest absolute Gasteiger partial charge is 0.351 e. The number of alkyl halides is 3. The highest BCUT2D eigenvalue weighted by atomic mass is 32.2. The molecule has 3 heterocycles. The molecule has 3 N–H and O–H groups in total. The largest absolute Gasteiger partial charge is 0.420 e. The monoisotopic (exact) mass is 507 g/mol. The molecule has 1 fully saturated rings. The van der Waals surface area contributed by atoms with Crippen molar-refractivity contribution in [2.24, 2.45) is 0 Å². The first kappa shape index (κ1) is 25.1. The number of thiazole rings is 1. The molecule has 2 aromatic heterocycles. The third-order valence-electron chi connectivity index (χ3n) is 4.73. The molecule has 0 saturated carbocycles. The van der Waals surface area contributed by atoms with Crippen LogP contribution in [0.25, 0.3) is 10.6 Å². The van der Waals surface area contributed by atoms with Gasteiger partial charge in [-0.1, -0.05) is 11.3 Å². The van der Waals surface area contributed by atoms with Crippen LogP contribution in [0.5, 0.6) is 0 Å². The molecule has 1 aliphatic heterocycles. The van der Waals surface area contributed by atoms with Gasteiger partial charge in [-0.3, -0.25) is 5.32 Å². The predicted octanol–water partition coefficient (Wildman–Crippen LogP) is 2.98. The van der Waals surface area contributed by atoms with Gasteiger partial charge in [-0.25, -0.2) is 32.5 Å². The van der Waals surface area contributed by atoms with Gasteiger partial charge in [0.05, 0.1) is 16.8 Å². The quantitative estimate of drug-likeness (QED) is 0.548. The van der Waals surface area contributed by atoms with Crippen molar-refractivity contribution in [2.45, 2.75) is 44.9 Å². The van der Waals surface area contributed by atoms with Gasteiger partial charge in [0.25, 0.3) is 0 Å². The van der Waals surface area contributed by atoms with Crippen LogP contribution in [-0.4, -0.2) is 65.1 Å². The first-order chi connectivity index (χ1) is 15.3. The van der Waals surface area contributed by atoms with Crippen molar-refractivity contribution < 1.29 is 26.4 Å². The van der Waals surface area contributed by atoms with Gasteiger partial charge < -0.3 is 10.6 Å². The molecule has 0 aliphatic carbocycles. The van der Waals surface area contributed by atoms with E-state index >= 15 is 0 Å². The van der Waals surface area contributed by atoms with Crippen LogP contribution < -0.4 is 16.0 Å². The Labute approximate surface area is 193 Å². The van der Waals surface area contributed by atoms with Crippen LogP contribution in [0.3, 0.4) is 0 Å². The number of carbonyl (C=O) groups excluding carboxylic acids is 1. The molecule has 1 saturated heterocycles. The molecule has 0 unspecified atom stereocenters. The second-order valence-electron chi connectivity index (χ2n) is 7.82. The summed E-state index contributed by atoms with van der Waals surface area (Å²) >= 11 is 0.855. The van der Waals surface area contributed by atoms with E-state index in [0.29, 0.717) is 32.1 Å². The number of rotatable bonds is 6. The molecular formula is C18H24F3N7O3S2. The minimum absolute atomic E-state index is 0.00346. The molecule has 2 aromatic rings. The molecule has 0 radical (unpaired) electrons. The number of nitrogens with one attached hydrogen (secondary N) is 3. The number of aromatic nitrogens is 3. The Balaban J connectivity index is 1.80. The third-order valence-corrected chi connectivity index (χ3v) is 6.95. The number of hydrogen-bond donors (Lipinski definition) is 3. The Hall–Kier alpha value is -2.52. The number of carbonyl (C=O) groups is 1. The molecule has 33 heavy (non-hydrogen) atoms. The first-order valence-corrected chi connectivity index (χ1v) is 12.7. The summed E-state index contributed by atoms with van der Waals surface area (Å²) in [5.74, 6) is -0.00346. The number of nitrogens with zero attached hydrogens (tertiary/aromatic N) is 4. The minimum Gasteiger partial charge on any atom is -0.351 e. The topological polar surface area (TPSA) is 129 Å². The van der Waals surface area contributed by atoms with Crippen LogP contribution in [0.4, 0.5) is 29.0 Å². The van der Waals surface area contributed by atoms with Crippen LogP contribution in [0, 0.1) is 0 Å². The molecule has 0 aromatic carbocycles. The van der Waals surface area contributed by atoms with Gasteiger partial charge in [0, 0.05) is 37.6 Å². The van der Waals surface area contributed by atoms with Gasteiger partial charge in [0.1, 0.15) is 5.56 Å². The van der Waals surface area contributed by atoms with Gasteiger partial charge in [-0.15, -0.1) is 0 Å². The Morgan fingerprint density at radius 3 is 2.45 bits per heavy atom. The fourth-order valence-electron chi connectivity index (χ4n) is 3.20. The van der Waals surface area contributed by atoms with Crippen LogP contribution in [0.1, 0.15) is 32.3 Å². The number of urea groups is 1. The summed E-state index contributed by atoms with van der Waals surface area (Å²) < 4.78 is 65.4. The lowest BCUT2D eigenvalue weighted by molar-refractivity contribution is -0.137. The number of sulfonamides is 1. The second kappa shape index (κ2) is 9.77. The lowest BCUT2D eigenvalue weighted by Gasteiger charge is -2.30. The minimum atomic E-state index is -4.69. The Morgan fingerprint density at radius 2 is 1.88 bits per heavy atom. The molecule has 3 rings (SSSR count). The number of halogens is 3. The van der Waals surface area contributed by atoms with E-state index in [0.717, 1.165) is 17.6 Å². The molecule has 15 heteroatoms. The van der Waals surface area contributed by atoms with Gasteiger partial charge in [-0.2, -0.15) is 13.2 Å². The van der Waals surface area contributed by atoms with Crippen molar-refractivity contribution in [1.82, 2.24) is 24.6 Å². The highest BCUT2D eigenvalue weighted by Crippen LogP contribution is 2.39. The van der Waals surface area contributed by atoms with E-state index in [1.807, 2.05) is 0 Å². The van der Waals surface area contributed by atoms with E-state index in [-0.39, 0.29) is 33.7 Å². The van der Waals surface area contributed by atoms with E-state index in [4.69, 9.17) is 0 Å². The zero-order valence-electron chi connectivity index (χ0n) is 18.1. The molecule has 1 aliphatic rings. The number of amides is 2. The summed E-state index contributed by atoms with van der Waals surface area (Å²) in [6.45, 7) is 4.13. The van der Waals surface area contributed by atoms with Gasteiger partial charge in [0.2, 0.25) is 16.0 Å². The van der Waals surface area contributed by atoms with E-state index in [2.05, 4.69) is 30.9 Å². The standard InChI is InChI=1S/C18H24F3N7O3S2/c1-10(2)24-16(29)27-17-23-9-13(32-17)14-12(18(19,20)21)8-22-15(26-14)25-11-4-6-28(7-5-11)33(3,30)31/h8-11H,4-7H2,1-3H3,(H,22,25,26)(H2,23,24,27,29). The van der Waals surface area contributed by atoms with E-state index in [9.17, 15) is 26.4 Å². The Kier molecular flexibility index (Phi) is 7.43. The van der Waals surface area contributed by atoms with E-state index in [1.54, 1.807) is 13.8 Å². The maximum Gasteiger partial charge on any atom is 0.420 e. The number of piperidine rings is 1. The number of anilines is 2. The first-order valence-electron chi connectivity index (χ1n) is 10.0. The normalized spacial score (nSPS) is 16.1. The Bertz CT molecular complexity index is 1100. The average Bonchev–Trinajstić information content (AvgIpc) is 3.14. The van der Waals surface area contributed by atoms with Crippen LogP contribution in [0.15, 0.2) is 12.4 Å². The van der Waals surface area contributed by atoms with Crippen molar-refractivity contribution in [3.05, 3.63) is 18.0 Å². The van der Waals surface area contributed by atoms with Crippen LogP contribution in [-0.2, 0) is 16.2 Å². The lowest BCUT2D eigenvalue weighted by Crippen LogP contribution is -2.42. The van der Waals surface area contributed by atoms with Gasteiger partial charge >= 0.3 is 12.2 Å². The van der Waals surface area contributed by atoms with E-state index < -0.39 is 27.8 Å². The third kappa shape index (κ3) is 6.74. The van der Waals surface area contributed by atoms with Crippen molar-refractivity contribution >= 4 is 38.5 Å². The summed E-state index contributed by atoms with van der Waals surface area (Å²) in [7, 11) is -3.29. The zero-order chi connectivity index (χ0) is 24.4. The molecule has 182 valence electrons. The van der Waals surface area contributed by atoms with Crippen molar-refractivity contribution in [1.29, 1.82) is 0 Å². The Morgan fingerprint density at radius 1 is 1.21 bits per heavy atom. The zero-order valence-corrected chi connectivity index (χ0v) is 19.7.